The Labute approximate surface area is 171 Å². The summed E-state index contributed by atoms with van der Waals surface area (Å²) in [6.07, 6.45) is 9.78. The van der Waals surface area contributed by atoms with Gasteiger partial charge in [-0.2, -0.15) is 0 Å². The Morgan fingerprint density at radius 3 is 2.48 bits per heavy atom. The first kappa shape index (κ1) is 18.3. The zero-order valence-electron chi connectivity index (χ0n) is 16.7. The van der Waals surface area contributed by atoms with Crippen LogP contribution < -0.4 is 10.2 Å². The van der Waals surface area contributed by atoms with E-state index in [1.807, 2.05) is 6.07 Å². The van der Waals surface area contributed by atoms with Crippen LogP contribution in [0.4, 0.5) is 11.5 Å². The molecule has 1 aliphatic heterocycles. The second-order valence-corrected chi connectivity index (χ2v) is 7.91. The Hall–Kier alpha value is -2.73. The number of aromatic nitrogens is 3. The molecule has 1 aliphatic carbocycles. The summed E-state index contributed by atoms with van der Waals surface area (Å²) in [5, 5.41) is 3.66. The van der Waals surface area contributed by atoms with Crippen LogP contribution in [0.5, 0.6) is 0 Å². The monoisotopic (exact) mass is 389 g/mol. The Bertz CT molecular complexity index is 963. The molecule has 1 saturated heterocycles. The number of morpholine rings is 1. The molecule has 0 amide bonds. The maximum Gasteiger partial charge on any atom is 0.155 e. The topological polar surface area (TPSA) is 63.2 Å². The quantitative estimate of drug-likeness (QED) is 0.719. The van der Waals surface area contributed by atoms with E-state index in [0.717, 1.165) is 54.4 Å². The molecule has 3 aromatic rings. The lowest BCUT2D eigenvalue weighted by molar-refractivity contribution is 0.122. The normalized spacial score (nSPS) is 18.1. The molecule has 1 aromatic carbocycles. The van der Waals surface area contributed by atoms with Gasteiger partial charge < -0.3 is 15.0 Å². The minimum atomic E-state index is 0.473. The molecular weight excluding hydrogens is 362 g/mol. The first-order valence-electron chi connectivity index (χ1n) is 10.7. The van der Waals surface area contributed by atoms with Crippen LogP contribution in [-0.2, 0) is 4.74 Å². The van der Waals surface area contributed by atoms with Gasteiger partial charge in [0.25, 0.3) is 0 Å². The van der Waals surface area contributed by atoms with E-state index in [2.05, 4.69) is 44.5 Å². The van der Waals surface area contributed by atoms with Crippen molar-refractivity contribution >= 4 is 22.5 Å². The second-order valence-electron chi connectivity index (χ2n) is 7.91. The lowest BCUT2D eigenvalue weighted by Crippen LogP contribution is -2.36. The molecule has 0 spiro atoms. The van der Waals surface area contributed by atoms with Gasteiger partial charge in [0, 0.05) is 42.8 Å². The second kappa shape index (κ2) is 8.33. The highest BCUT2D eigenvalue weighted by molar-refractivity contribution is 5.88. The third-order valence-corrected chi connectivity index (χ3v) is 5.94. The highest BCUT2D eigenvalue weighted by Crippen LogP contribution is 2.29. The summed E-state index contributed by atoms with van der Waals surface area (Å²) < 4.78 is 5.46. The highest BCUT2D eigenvalue weighted by atomic mass is 16.5. The number of rotatable bonds is 4. The molecule has 150 valence electrons. The Morgan fingerprint density at radius 2 is 1.69 bits per heavy atom. The number of fused-ring (bicyclic) bond motifs is 1. The van der Waals surface area contributed by atoms with Gasteiger partial charge in [-0.3, -0.25) is 4.98 Å². The molecule has 3 heterocycles. The van der Waals surface area contributed by atoms with E-state index in [0.29, 0.717) is 6.04 Å². The van der Waals surface area contributed by atoms with Gasteiger partial charge >= 0.3 is 0 Å². The van der Waals surface area contributed by atoms with Gasteiger partial charge in [-0.1, -0.05) is 31.4 Å². The first-order chi connectivity index (χ1) is 14.4. The summed E-state index contributed by atoms with van der Waals surface area (Å²) in [6.45, 7) is 3.48. The van der Waals surface area contributed by atoms with Gasteiger partial charge in [0.15, 0.2) is 5.82 Å². The number of ether oxygens (including phenoxy) is 1. The maximum absolute atomic E-state index is 5.46. The van der Waals surface area contributed by atoms with E-state index in [4.69, 9.17) is 9.72 Å². The molecule has 2 fully saturated rings. The molecule has 2 aromatic heterocycles. The molecule has 1 saturated carbocycles. The molecule has 0 atom stereocenters. The number of nitrogens with zero attached hydrogens (tertiary/aromatic N) is 4. The third-order valence-electron chi connectivity index (χ3n) is 5.94. The molecule has 29 heavy (non-hydrogen) atoms. The average Bonchev–Trinajstić information content (AvgIpc) is 2.80. The fourth-order valence-electron chi connectivity index (χ4n) is 4.33. The smallest absolute Gasteiger partial charge is 0.155 e. The van der Waals surface area contributed by atoms with Crippen molar-refractivity contribution in [3.05, 3.63) is 42.7 Å². The van der Waals surface area contributed by atoms with Gasteiger partial charge in [-0.05, 0) is 31.0 Å². The van der Waals surface area contributed by atoms with Crippen molar-refractivity contribution in [3.63, 3.8) is 0 Å². The summed E-state index contributed by atoms with van der Waals surface area (Å²) in [5.74, 6) is 0.856. The van der Waals surface area contributed by atoms with Crippen LogP contribution in [0.25, 0.3) is 22.3 Å². The van der Waals surface area contributed by atoms with E-state index < -0.39 is 0 Å². The minimum Gasteiger partial charge on any atom is -0.378 e. The average molecular weight is 390 g/mol. The van der Waals surface area contributed by atoms with Gasteiger partial charge in [-0.25, -0.2) is 9.97 Å². The number of pyridine rings is 1. The molecule has 2 aliphatic rings. The maximum atomic E-state index is 5.46. The van der Waals surface area contributed by atoms with Crippen molar-refractivity contribution in [2.45, 2.75) is 38.1 Å². The van der Waals surface area contributed by atoms with Gasteiger partial charge in [-0.15, -0.1) is 0 Å². The van der Waals surface area contributed by atoms with E-state index in [1.54, 1.807) is 12.4 Å². The van der Waals surface area contributed by atoms with Gasteiger partial charge in [0.1, 0.15) is 5.52 Å². The van der Waals surface area contributed by atoms with Crippen molar-refractivity contribution < 1.29 is 4.74 Å². The van der Waals surface area contributed by atoms with Crippen molar-refractivity contribution in [1.82, 2.24) is 15.0 Å². The lowest BCUT2D eigenvalue weighted by Gasteiger charge is -2.29. The molecule has 0 bridgehead atoms. The predicted molar refractivity (Wildman–Crippen MR) is 116 cm³/mol. The molecule has 0 radical (unpaired) electrons. The van der Waals surface area contributed by atoms with Crippen LogP contribution in [0.2, 0.25) is 0 Å². The number of hydrogen-bond acceptors (Lipinski definition) is 6. The Morgan fingerprint density at radius 1 is 0.931 bits per heavy atom. The Kier molecular flexibility index (Phi) is 5.26. The molecule has 1 N–H and O–H groups in total. The van der Waals surface area contributed by atoms with E-state index in [9.17, 15) is 0 Å². The summed E-state index contributed by atoms with van der Waals surface area (Å²) in [4.78, 5) is 16.4. The van der Waals surface area contributed by atoms with E-state index in [-0.39, 0.29) is 0 Å². The SMILES string of the molecule is c1cnc2c(NC3CCCCC3)nc(-c3ccc(N4CCOCC4)cc3)cc2n1. The third kappa shape index (κ3) is 4.03. The Balaban J connectivity index is 1.46. The molecular formula is C23H27N5O. The minimum absolute atomic E-state index is 0.473. The highest BCUT2D eigenvalue weighted by Gasteiger charge is 2.17. The van der Waals surface area contributed by atoms with Crippen LogP contribution >= 0.6 is 0 Å². The van der Waals surface area contributed by atoms with Crippen LogP contribution in [-0.4, -0.2) is 47.3 Å². The number of anilines is 2. The molecule has 6 nitrogen and oxygen atoms in total. The van der Waals surface area contributed by atoms with Crippen LogP contribution in [0.15, 0.2) is 42.7 Å². The number of benzene rings is 1. The van der Waals surface area contributed by atoms with Gasteiger partial charge in [0.05, 0.1) is 24.4 Å². The van der Waals surface area contributed by atoms with Gasteiger partial charge in [0.2, 0.25) is 0 Å². The van der Waals surface area contributed by atoms with Crippen LogP contribution in [0.3, 0.4) is 0 Å². The first-order valence-corrected chi connectivity index (χ1v) is 10.7. The zero-order valence-corrected chi connectivity index (χ0v) is 16.7. The van der Waals surface area contributed by atoms with E-state index in [1.165, 1.54) is 37.8 Å². The molecule has 5 rings (SSSR count). The van der Waals surface area contributed by atoms with E-state index >= 15 is 0 Å². The van der Waals surface area contributed by atoms with Crippen molar-refractivity contribution in [2.75, 3.05) is 36.5 Å². The molecule has 6 heteroatoms. The molecule has 0 unspecified atom stereocenters. The lowest BCUT2D eigenvalue weighted by atomic mass is 9.95. The number of nitrogens with one attached hydrogen (secondary N) is 1. The standard InChI is InChI=1S/C23H27N5O/c1-2-4-18(5-3-1)26-23-22-21(24-10-11-25-22)16-20(27-23)17-6-8-19(9-7-17)28-12-14-29-15-13-28/h6-11,16,18H,1-5,12-15H2,(H,26,27). The predicted octanol–water partition coefficient (Wildman–Crippen LogP) is 4.27. The van der Waals surface area contributed by atoms with Crippen molar-refractivity contribution in [3.8, 4) is 11.3 Å². The zero-order chi connectivity index (χ0) is 19.5. The summed E-state index contributed by atoms with van der Waals surface area (Å²) >= 11 is 0. The summed E-state index contributed by atoms with van der Waals surface area (Å²) in [5.41, 5.74) is 5.00. The van der Waals surface area contributed by atoms with Crippen molar-refractivity contribution in [2.24, 2.45) is 0 Å². The van der Waals surface area contributed by atoms with Crippen LogP contribution in [0.1, 0.15) is 32.1 Å². The van der Waals surface area contributed by atoms with Crippen LogP contribution in [0, 0.1) is 0 Å². The van der Waals surface area contributed by atoms with Crippen molar-refractivity contribution in [1.29, 1.82) is 0 Å². The fourth-order valence-corrected chi connectivity index (χ4v) is 4.33. The fraction of sp³-hybridized carbons (Fsp3) is 0.435. The number of hydrogen-bond donors (Lipinski definition) is 1. The summed E-state index contributed by atoms with van der Waals surface area (Å²) in [6, 6.07) is 11.2. The summed E-state index contributed by atoms with van der Waals surface area (Å²) in [7, 11) is 0. The largest absolute Gasteiger partial charge is 0.378 e.